The van der Waals surface area contributed by atoms with Crippen molar-refractivity contribution in [3.05, 3.63) is 11.1 Å². The van der Waals surface area contributed by atoms with Crippen LogP contribution < -0.4 is 0 Å². The first-order valence-electron chi connectivity index (χ1n) is 6.73. The first kappa shape index (κ1) is 17.1. The highest BCUT2D eigenvalue weighted by Gasteiger charge is 1.99. The zero-order valence-corrected chi connectivity index (χ0v) is 12.9. The van der Waals surface area contributed by atoms with Gasteiger partial charge in [0.1, 0.15) is 0 Å². The lowest BCUT2D eigenvalue weighted by Crippen LogP contribution is -2.13. The fourth-order valence-corrected chi connectivity index (χ4v) is 1.94. The number of hydrogen-bond acceptors (Lipinski definition) is 2. The highest BCUT2D eigenvalue weighted by atomic mass is 79.9. The van der Waals surface area contributed by atoms with E-state index in [1.807, 2.05) is 13.8 Å². The van der Waals surface area contributed by atoms with E-state index < -0.39 is 0 Å². The van der Waals surface area contributed by atoms with Crippen LogP contribution in [0.3, 0.4) is 0 Å². The summed E-state index contributed by atoms with van der Waals surface area (Å²) in [6.07, 6.45) is 8.64. The molecule has 0 amide bonds. The largest absolute Gasteiger partial charge is 0.353 e. The monoisotopic (exact) mass is 306 g/mol. The molecule has 0 aliphatic carbocycles. The molecule has 0 radical (unpaired) electrons. The van der Waals surface area contributed by atoms with E-state index in [0.29, 0.717) is 0 Å². The third kappa shape index (κ3) is 14.1. The molecule has 0 spiro atoms. The lowest BCUT2D eigenvalue weighted by atomic mass is 10.1. The molecule has 0 saturated carbocycles. The maximum Gasteiger partial charge on any atom is 0.154 e. The van der Waals surface area contributed by atoms with Gasteiger partial charge in [0.25, 0.3) is 0 Å². The van der Waals surface area contributed by atoms with Crippen LogP contribution in [0.2, 0.25) is 0 Å². The van der Waals surface area contributed by atoms with E-state index in [2.05, 4.69) is 22.5 Å². The van der Waals surface area contributed by atoms with E-state index in [1.165, 1.54) is 32.1 Å². The van der Waals surface area contributed by atoms with Gasteiger partial charge in [0, 0.05) is 13.2 Å². The summed E-state index contributed by atoms with van der Waals surface area (Å²) in [5.74, 6) is 0. The molecule has 17 heavy (non-hydrogen) atoms. The van der Waals surface area contributed by atoms with E-state index in [4.69, 9.17) is 9.47 Å². The quantitative estimate of drug-likeness (QED) is 0.372. The molecule has 102 valence electrons. The third-order valence-corrected chi connectivity index (χ3v) is 2.99. The second-order valence-electron chi connectivity index (χ2n) is 4.28. The fourth-order valence-electron chi connectivity index (χ4n) is 1.66. The summed E-state index contributed by atoms with van der Waals surface area (Å²) in [5.41, 5.74) is 0. The van der Waals surface area contributed by atoms with Gasteiger partial charge in [0.15, 0.2) is 6.29 Å². The third-order valence-electron chi connectivity index (χ3n) is 2.60. The van der Waals surface area contributed by atoms with Crippen LogP contribution in [0.1, 0.15) is 58.8 Å². The minimum absolute atomic E-state index is 0.0510. The van der Waals surface area contributed by atoms with Crippen molar-refractivity contribution in [3.63, 3.8) is 0 Å². The van der Waals surface area contributed by atoms with Crippen LogP contribution in [0.5, 0.6) is 0 Å². The highest BCUT2D eigenvalue weighted by molar-refractivity contribution is 9.11. The second-order valence-corrected chi connectivity index (χ2v) is 5.40. The van der Waals surface area contributed by atoms with Crippen LogP contribution in [0, 0.1) is 0 Å². The van der Waals surface area contributed by atoms with E-state index in [0.717, 1.165) is 30.5 Å². The second kappa shape index (κ2) is 12.6. The minimum atomic E-state index is -0.0510. The maximum atomic E-state index is 5.50. The van der Waals surface area contributed by atoms with Crippen molar-refractivity contribution < 1.29 is 9.47 Å². The number of hydrogen-bond donors (Lipinski definition) is 0. The molecule has 1 atom stereocenters. The summed E-state index contributed by atoms with van der Waals surface area (Å²) in [6.45, 7) is 9.32. The summed E-state index contributed by atoms with van der Waals surface area (Å²) in [5, 5.41) is 0. The van der Waals surface area contributed by atoms with Gasteiger partial charge in [0.05, 0.1) is 0 Å². The van der Waals surface area contributed by atoms with Gasteiger partial charge in [0.2, 0.25) is 0 Å². The zero-order chi connectivity index (χ0) is 12.9. The Bertz CT molecular complexity index is 183. The van der Waals surface area contributed by atoms with Gasteiger partial charge in [-0.2, -0.15) is 0 Å². The summed E-state index contributed by atoms with van der Waals surface area (Å²) in [7, 11) is 0. The normalized spacial score (nSPS) is 12.6. The molecule has 3 heteroatoms. The number of rotatable bonds is 12. The van der Waals surface area contributed by atoms with Crippen LogP contribution in [-0.4, -0.2) is 19.5 Å². The fraction of sp³-hybridized carbons (Fsp3) is 0.857. The van der Waals surface area contributed by atoms with Gasteiger partial charge in [-0.15, -0.1) is 0 Å². The molecule has 0 aromatic heterocycles. The molecule has 0 aliphatic heterocycles. The van der Waals surface area contributed by atoms with Crippen LogP contribution >= 0.6 is 15.9 Å². The molecule has 0 rings (SSSR count). The number of unbranched alkanes of at least 4 members (excludes halogenated alkanes) is 5. The van der Waals surface area contributed by atoms with Crippen molar-refractivity contribution in [1.82, 2.24) is 0 Å². The first-order chi connectivity index (χ1) is 8.16. The lowest BCUT2D eigenvalue weighted by Gasteiger charge is -2.12. The average molecular weight is 307 g/mol. The number of allylic oxidation sites excluding steroid dienone is 1. The van der Waals surface area contributed by atoms with Crippen LogP contribution in [-0.2, 0) is 9.47 Å². The predicted molar refractivity (Wildman–Crippen MR) is 77.4 cm³/mol. The van der Waals surface area contributed by atoms with Crippen LogP contribution in [0.25, 0.3) is 0 Å². The van der Waals surface area contributed by atoms with Gasteiger partial charge in [-0.1, -0.05) is 48.2 Å². The summed E-state index contributed by atoms with van der Waals surface area (Å²) < 4.78 is 11.9. The predicted octanol–water partition coefficient (Wildman–Crippen LogP) is 5.02. The van der Waals surface area contributed by atoms with Crippen molar-refractivity contribution in [2.75, 3.05) is 13.2 Å². The van der Waals surface area contributed by atoms with Gasteiger partial charge in [-0.25, -0.2) is 0 Å². The van der Waals surface area contributed by atoms with Crippen molar-refractivity contribution in [1.29, 1.82) is 0 Å². The maximum absolute atomic E-state index is 5.50. The van der Waals surface area contributed by atoms with Crippen molar-refractivity contribution in [2.24, 2.45) is 0 Å². The molecule has 0 N–H and O–H groups in total. The van der Waals surface area contributed by atoms with Crippen LogP contribution in [0.4, 0.5) is 0 Å². The van der Waals surface area contributed by atoms with E-state index in [-0.39, 0.29) is 6.29 Å². The van der Waals surface area contributed by atoms with Crippen molar-refractivity contribution in [2.45, 2.75) is 65.1 Å². The topological polar surface area (TPSA) is 18.5 Å². The van der Waals surface area contributed by atoms with Gasteiger partial charge in [-0.05, 0) is 37.6 Å². The Labute approximate surface area is 115 Å². The summed E-state index contributed by atoms with van der Waals surface area (Å²) >= 11 is 3.38. The van der Waals surface area contributed by atoms with Crippen molar-refractivity contribution in [3.8, 4) is 0 Å². The van der Waals surface area contributed by atoms with E-state index in [9.17, 15) is 0 Å². The molecule has 2 nitrogen and oxygen atoms in total. The molecule has 0 bridgehead atoms. The first-order valence-corrected chi connectivity index (χ1v) is 7.52. The van der Waals surface area contributed by atoms with Gasteiger partial charge in [-0.3, -0.25) is 0 Å². The number of ether oxygens (including phenoxy) is 2. The highest BCUT2D eigenvalue weighted by Crippen LogP contribution is 2.14. The van der Waals surface area contributed by atoms with E-state index >= 15 is 0 Å². The molecule has 1 unspecified atom stereocenters. The summed E-state index contributed by atoms with van der Waals surface area (Å²) in [6, 6.07) is 0. The molecular formula is C14H27BrO2. The summed E-state index contributed by atoms with van der Waals surface area (Å²) in [4.78, 5) is 0. The Morgan fingerprint density at radius 2 is 1.65 bits per heavy atom. The molecule has 0 aliphatic rings. The molecular weight excluding hydrogens is 280 g/mol. The number of halogens is 1. The molecule has 0 saturated heterocycles. The lowest BCUT2D eigenvalue weighted by molar-refractivity contribution is -0.127. The SMILES string of the molecule is C=C(Br)CCCCCCCCOC(C)OCC. The molecule has 0 fully saturated rings. The zero-order valence-electron chi connectivity index (χ0n) is 11.3. The van der Waals surface area contributed by atoms with Gasteiger partial charge < -0.3 is 9.47 Å². The Balaban J connectivity index is 3.05. The van der Waals surface area contributed by atoms with Crippen molar-refractivity contribution >= 4 is 15.9 Å². The molecule has 0 aromatic carbocycles. The molecule has 0 aromatic rings. The molecule has 0 heterocycles. The standard InChI is InChI=1S/C14H27BrO2/c1-4-16-14(3)17-12-10-8-6-5-7-9-11-13(2)15/h14H,2,4-12H2,1,3H3. The van der Waals surface area contributed by atoms with Crippen LogP contribution in [0.15, 0.2) is 11.1 Å². The Morgan fingerprint density at radius 3 is 2.24 bits per heavy atom. The smallest absolute Gasteiger partial charge is 0.154 e. The Kier molecular flexibility index (Phi) is 12.7. The average Bonchev–Trinajstić information content (AvgIpc) is 2.27. The Hall–Kier alpha value is 0.140. The minimum Gasteiger partial charge on any atom is -0.353 e. The van der Waals surface area contributed by atoms with E-state index in [1.54, 1.807) is 0 Å². The Morgan fingerprint density at radius 1 is 1.06 bits per heavy atom. The van der Waals surface area contributed by atoms with Gasteiger partial charge >= 0.3 is 0 Å².